The summed E-state index contributed by atoms with van der Waals surface area (Å²) >= 11 is 0. The van der Waals surface area contributed by atoms with Crippen LogP contribution in [-0.2, 0) is 28.9 Å². The van der Waals surface area contributed by atoms with E-state index in [1.165, 1.54) is 0 Å². The Morgan fingerprint density at radius 2 is 2.26 bits per heavy atom. The molecule has 0 spiro atoms. The number of hydrogen-bond acceptors (Lipinski definition) is 6. The van der Waals surface area contributed by atoms with E-state index >= 15 is 0 Å². The van der Waals surface area contributed by atoms with Crippen molar-refractivity contribution in [2.45, 2.75) is 19.8 Å². The van der Waals surface area contributed by atoms with Gasteiger partial charge in [-0.2, -0.15) is 0 Å². The molecule has 6 nitrogen and oxygen atoms in total. The third kappa shape index (κ3) is 2.53. The first-order chi connectivity index (χ1) is 8.92. The summed E-state index contributed by atoms with van der Waals surface area (Å²) in [6.45, 7) is 2.03. The van der Waals surface area contributed by atoms with E-state index in [2.05, 4.69) is 0 Å². The van der Waals surface area contributed by atoms with Gasteiger partial charge in [-0.05, 0) is 19.3 Å². The van der Waals surface area contributed by atoms with Crippen molar-refractivity contribution in [3.05, 3.63) is 0 Å². The molecule has 2 aliphatic rings. The zero-order valence-corrected chi connectivity index (χ0v) is 11.7. The van der Waals surface area contributed by atoms with Crippen molar-refractivity contribution in [3.63, 3.8) is 0 Å². The number of rotatable bonds is 3. The van der Waals surface area contributed by atoms with E-state index in [0.717, 1.165) is 0 Å². The van der Waals surface area contributed by atoms with Gasteiger partial charge in [0.25, 0.3) is 0 Å². The molecule has 0 amide bonds. The van der Waals surface area contributed by atoms with Gasteiger partial charge >= 0.3 is 5.97 Å². The first-order valence-corrected chi connectivity index (χ1v) is 8.23. The lowest BCUT2D eigenvalue weighted by Crippen LogP contribution is -2.53. The second-order valence-corrected chi connectivity index (χ2v) is 7.25. The average Bonchev–Trinajstić information content (AvgIpc) is 2.71. The third-order valence-corrected chi connectivity index (χ3v) is 5.64. The van der Waals surface area contributed by atoms with Gasteiger partial charge in [0, 0.05) is 6.42 Å². The van der Waals surface area contributed by atoms with Crippen molar-refractivity contribution >= 4 is 21.6 Å². The fourth-order valence-corrected chi connectivity index (χ4v) is 4.70. The second-order valence-electron chi connectivity index (χ2n) is 5.02. The van der Waals surface area contributed by atoms with Crippen LogP contribution in [0, 0.1) is 11.3 Å². The number of esters is 1. The van der Waals surface area contributed by atoms with Crippen LogP contribution in [0.5, 0.6) is 0 Å². The van der Waals surface area contributed by atoms with Gasteiger partial charge in [0.15, 0.2) is 21.0 Å². The number of carbonyl (C=O) groups is 2. The molecule has 0 aromatic heterocycles. The Kier molecular flexibility index (Phi) is 3.96. The van der Waals surface area contributed by atoms with Crippen LogP contribution in [0.15, 0.2) is 0 Å². The van der Waals surface area contributed by atoms with Crippen LogP contribution < -0.4 is 0 Å². The standard InChI is InChI=1S/C12H18O6S/c1-2-18-11(14)12(8-17-5-3-10(12)13)9-4-6-19(15,16)7-9/h9H,2-8H2,1H3. The van der Waals surface area contributed by atoms with Crippen molar-refractivity contribution in [2.75, 3.05) is 31.3 Å². The van der Waals surface area contributed by atoms with Crippen LogP contribution in [0.25, 0.3) is 0 Å². The summed E-state index contributed by atoms with van der Waals surface area (Å²) in [6, 6.07) is 0. The molecule has 0 aliphatic carbocycles. The highest BCUT2D eigenvalue weighted by atomic mass is 32.2. The second kappa shape index (κ2) is 5.20. The number of ketones is 1. The molecule has 0 aromatic carbocycles. The Hall–Kier alpha value is -0.950. The zero-order valence-electron chi connectivity index (χ0n) is 10.9. The molecule has 2 unspecified atom stereocenters. The lowest BCUT2D eigenvalue weighted by Gasteiger charge is -2.37. The molecule has 2 heterocycles. The van der Waals surface area contributed by atoms with E-state index in [1.807, 2.05) is 0 Å². The van der Waals surface area contributed by atoms with Crippen molar-refractivity contribution in [1.29, 1.82) is 0 Å². The maximum atomic E-state index is 12.3. The van der Waals surface area contributed by atoms with Crippen molar-refractivity contribution < 1.29 is 27.5 Å². The summed E-state index contributed by atoms with van der Waals surface area (Å²) in [4.78, 5) is 24.5. The summed E-state index contributed by atoms with van der Waals surface area (Å²) < 4.78 is 33.5. The number of carbonyl (C=O) groups excluding carboxylic acids is 2. The van der Waals surface area contributed by atoms with Gasteiger partial charge in [-0.1, -0.05) is 0 Å². The van der Waals surface area contributed by atoms with Gasteiger partial charge in [-0.3, -0.25) is 9.59 Å². The van der Waals surface area contributed by atoms with Gasteiger partial charge < -0.3 is 9.47 Å². The van der Waals surface area contributed by atoms with Gasteiger partial charge in [-0.15, -0.1) is 0 Å². The van der Waals surface area contributed by atoms with Crippen molar-refractivity contribution in [2.24, 2.45) is 11.3 Å². The zero-order chi connectivity index (χ0) is 14.1. The van der Waals surface area contributed by atoms with Crippen LogP contribution in [0.2, 0.25) is 0 Å². The fourth-order valence-electron chi connectivity index (χ4n) is 2.83. The summed E-state index contributed by atoms with van der Waals surface area (Å²) in [5, 5.41) is 0. The van der Waals surface area contributed by atoms with Gasteiger partial charge in [-0.25, -0.2) is 8.42 Å². The van der Waals surface area contributed by atoms with E-state index in [1.54, 1.807) is 6.92 Å². The molecule has 108 valence electrons. The molecule has 0 saturated carbocycles. The van der Waals surface area contributed by atoms with Crippen LogP contribution in [0.1, 0.15) is 19.8 Å². The predicted molar refractivity (Wildman–Crippen MR) is 66.3 cm³/mol. The maximum Gasteiger partial charge on any atom is 0.322 e. The first-order valence-electron chi connectivity index (χ1n) is 6.41. The molecular weight excluding hydrogens is 272 g/mol. The molecule has 0 bridgehead atoms. The molecule has 7 heteroatoms. The lowest BCUT2D eigenvalue weighted by molar-refractivity contribution is -0.173. The SMILES string of the molecule is CCOC(=O)C1(C2CCS(=O)(=O)C2)COCCC1=O. The minimum atomic E-state index is -3.17. The fraction of sp³-hybridized carbons (Fsp3) is 0.833. The minimum Gasteiger partial charge on any atom is -0.465 e. The summed E-state index contributed by atoms with van der Waals surface area (Å²) in [6.07, 6.45) is 0.450. The highest BCUT2D eigenvalue weighted by molar-refractivity contribution is 7.91. The van der Waals surface area contributed by atoms with Crippen LogP contribution in [-0.4, -0.2) is 51.5 Å². The molecule has 19 heavy (non-hydrogen) atoms. The van der Waals surface area contributed by atoms with E-state index in [4.69, 9.17) is 9.47 Å². The Labute approximate surface area is 112 Å². The molecule has 2 saturated heterocycles. The van der Waals surface area contributed by atoms with Gasteiger partial charge in [0.1, 0.15) is 0 Å². The van der Waals surface area contributed by atoms with Crippen molar-refractivity contribution in [3.8, 4) is 0 Å². The largest absolute Gasteiger partial charge is 0.465 e. The number of ether oxygens (including phenoxy) is 2. The molecule has 0 aromatic rings. The highest BCUT2D eigenvalue weighted by Gasteiger charge is 2.57. The molecule has 0 radical (unpaired) electrons. The molecule has 0 N–H and O–H groups in total. The van der Waals surface area contributed by atoms with E-state index in [0.29, 0.717) is 6.42 Å². The van der Waals surface area contributed by atoms with Crippen molar-refractivity contribution in [1.82, 2.24) is 0 Å². The maximum absolute atomic E-state index is 12.3. The molecule has 2 atom stereocenters. The Balaban J connectivity index is 2.34. The van der Waals surface area contributed by atoms with E-state index in [-0.39, 0.29) is 43.5 Å². The van der Waals surface area contributed by atoms with Crippen LogP contribution in [0.4, 0.5) is 0 Å². The normalized spacial score (nSPS) is 34.2. The van der Waals surface area contributed by atoms with Crippen LogP contribution in [0.3, 0.4) is 0 Å². The number of Topliss-reactive ketones (excluding diaryl/α,β-unsaturated/α-hetero) is 1. The quantitative estimate of drug-likeness (QED) is 0.535. The molecule has 2 aliphatic heterocycles. The monoisotopic (exact) mass is 290 g/mol. The summed E-state index contributed by atoms with van der Waals surface area (Å²) in [5.74, 6) is -1.53. The minimum absolute atomic E-state index is 0.0199. The Bertz CT molecular complexity index is 482. The summed E-state index contributed by atoms with van der Waals surface area (Å²) in [5.41, 5.74) is -1.42. The lowest BCUT2D eigenvalue weighted by atomic mass is 9.70. The average molecular weight is 290 g/mol. The molecular formula is C12H18O6S. The topological polar surface area (TPSA) is 86.7 Å². The van der Waals surface area contributed by atoms with Gasteiger partial charge in [0.2, 0.25) is 0 Å². The van der Waals surface area contributed by atoms with E-state index < -0.39 is 27.1 Å². The Morgan fingerprint density at radius 3 is 2.79 bits per heavy atom. The summed E-state index contributed by atoms with van der Waals surface area (Å²) in [7, 11) is -3.17. The predicted octanol–water partition coefficient (Wildman–Crippen LogP) is -0.0400. The number of sulfone groups is 1. The van der Waals surface area contributed by atoms with Gasteiger partial charge in [0.05, 0.1) is 31.3 Å². The first kappa shape index (κ1) is 14.5. The Morgan fingerprint density at radius 1 is 1.53 bits per heavy atom. The van der Waals surface area contributed by atoms with E-state index in [9.17, 15) is 18.0 Å². The highest BCUT2D eigenvalue weighted by Crippen LogP contribution is 2.41. The smallest absolute Gasteiger partial charge is 0.322 e. The van der Waals surface area contributed by atoms with Crippen LogP contribution >= 0.6 is 0 Å². The third-order valence-electron chi connectivity index (χ3n) is 3.87. The molecule has 2 rings (SSSR count). The number of hydrogen-bond donors (Lipinski definition) is 0. The molecule has 2 fully saturated rings.